The Kier molecular flexibility index (Phi) is 30.3. The summed E-state index contributed by atoms with van der Waals surface area (Å²) in [6.07, 6.45) is 1.25. The standard InChI is InChI=1S/C12H11PS2.C3H8.C2H3N.2CO.Mo/c14-13(15,11-7-3-1-4-8-11)12-9-5-2-6-10-12;1-3-2;1-2-3;2*1-2;/h1-10H,(H,14,15);3H2,1-2H3;1H3;;;/q;;;;;+2/p-1. The van der Waals surface area contributed by atoms with Gasteiger partial charge in [-0.15, -0.1) is 17.0 Å². The van der Waals surface area contributed by atoms with E-state index in [1.54, 1.807) is 6.07 Å². The van der Waals surface area contributed by atoms with Crippen LogP contribution in [-0.4, -0.2) is 0 Å². The average Bonchev–Trinajstić information content (AvgIpc) is 2.68. The minimum Gasteiger partial charge on any atom is 2.00 e. The fourth-order valence-electron chi connectivity index (χ4n) is 1.40. The normalized spacial score (nSPS) is 7.65. The van der Waals surface area contributed by atoms with E-state index in [1.807, 2.05) is 60.7 Å². The van der Waals surface area contributed by atoms with Crippen LogP contribution in [0.15, 0.2) is 60.7 Å². The Labute approximate surface area is 182 Å². The van der Waals surface area contributed by atoms with E-state index in [0.29, 0.717) is 0 Å². The van der Waals surface area contributed by atoms with Crippen LogP contribution in [0.4, 0.5) is 0 Å². The molecule has 0 radical (unpaired) electrons. The van der Waals surface area contributed by atoms with Gasteiger partial charge in [-0.05, 0) is 10.6 Å². The van der Waals surface area contributed by atoms with E-state index in [2.05, 4.69) is 27.1 Å². The van der Waals surface area contributed by atoms with Crippen molar-refractivity contribution in [1.29, 1.82) is 5.26 Å². The average molecular weight is 486 g/mol. The van der Waals surface area contributed by atoms with Gasteiger partial charge in [-0.25, -0.2) is 0 Å². The molecule has 2 aromatic rings. The maximum atomic E-state index is 7.50. The Hall–Kier alpha value is -0.902. The van der Waals surface area contributed by atoms with Gasteiger partial charge in [0.15, 0.2) is 0 Å². The minimum absolute atomic E-state index is 0. The van der Waals surface area contributed by atoms with Crippen molar-refractivity contribution in [2.45, 2.75) is 27.2 Å². The number of rotatable bonds is 2. The summed E-state index contributed by atoms with van der Waals surface area (Å²) in [5, 5.41) is 7.54. The second-order valence-electron chi connectivity index (χ2n) is 4.15. The van der Waals surface area contributed by atoms with Gasteiger partial charge in [0.25, 0.3) is 0 Å². The molecule has 2 aromatic carbocycles. The van der Waals surface area contributed by atoms with Crippen LogP contribution >= 0.6 is 5.24 Å². The first kappa shape index (κ1) is 32.7. The zero-order valence-corrected chi connectivity index (χ0v) is 19.5. The molecule has 26 heavy (non-hydrogen) atoms. The Bertz CT molecular complexity index is 622. The first-order valence-electron chi connectivity index (χ1n) is 7.18. The van der Waals surface area contributed by atoms with Gasteiger partial charge in [-0.3, -0.25) is 0 Å². The Balaban J connectivity index is -0.000000188. The van der Waals surface area contributed by atoms with Crippen molar-refractivity contribution in [2.75, 3.05) is 0 Å². The molecule has 136 valence electrons. The van der Waals surface area contributed by atoms with Crippen LogP contribution in [0.5, 0.6) is 0 Å². The fraction of sp³-hybridized carbons (Fsp3) is 0.211. The summed E-state index contributed by atoms with van der Waals surface area (Å²) in [6, 6.07) is 21.8. The van der Waals surface area contributed by atoms with Crippen LogP contribution in [0.2, 0.25) is 0 Å². The van der Waals surface area contributed by atoms with Gasteiger partial charge in [0.1, 0.15) is 0 Å². The second kappa shape index (κ2) is 24.1. The summed E-state index contributed by atoms with van der Waals surface area (Å²) in [4.78, 5) is 0. The van der Waals surface area contributed by atoms with Crippen LogP contribution in [-0.2, 0) is 54.4 Å². The van der Waals surface area contributed by atoms with Gasteiger partial charge in [0, 0.05) is 6.92 Å². The van der Waals surface area contributed by atoms with E-state index in [-0.39, 0.29) is 21.1 Å². The van der Waals surface area contributed by atoms with Crippen molar-refractivity contribution < 1.29 is 30.4 Å². The summed E-state index contributed by atoms with van der Waals surface area (Å²) in [6.45, 7) is 14.7. The van der Waals surface area contributed by atoms with Gasteiger partial charge < -0.3 is 12.2 Å². The number of hydrogen-bond acceptors (Lipinski definition) is 3. The minimum atomic E-state index is -1.98. The van der Waals surface area contributed by atoms with Crippen LogP contribution in [0, 0.1) is 24.6 Å². The van der Waals surface area contributed by atoms with Crippen LogP contribution in [0.1, 0.15) is 27.2 Å². The van der Waals surface area contributed by atoms with E-state index in [9.17, 15) is 0 Å². The van der Waals surface area contributed by atoms with Gasteiger partial charge in [-0.2, -0.15) is 5.26 Å². The number of benzene rings is 2. The zero-order chi connectivity index (χ0) is 20.1. The molecule has 2 rings (SSSR count). The molecule has 0 unspecified atom stereocenters. The molecule has 0 heterocycles. The first-order valence-corrected chi connectivity index (χ1v) is 11.0. The number of nitrogens with zero attached hydrogens (tertiary/aromatic N) is 1. The summed E-state index contributed by atoms with van der Waals surface area (Å²) < 4.78 is 15.0. The van der Waals surface area contributed by atoms with Crippen molar-refractivity contribution >= 4 is 39.9 Å². The van der Waals surface area contributed by atoms with Gasteiger partial charge in [0.05, 0.1) is 6.07 Å². The Morgan fingerprint density at radius 3 is 1.31 bits per heavy atom. The van der Waals surface area contributed by atoms with E-state index in [4.69, 9.17) is 38.6 Å². The summed E-state index contributed by atoms with van der Waals surface area (Å²) >= 11 is 11.2. The molecule has 0 saturated carbocycles. The molecular formula is C19H21MoNO2PS2+. The molecular weight excluding hydrogens is 465 g/mol. The monoisotopic (exact) mass is 488 g/mol. The van der Waals surface area contributed by atoms with Crippen molar-refractivity contribution in [2.24, 2.45) is 0 Å². The second-order valence-corrected chi connectivity index (χ2v) is 10.3. The van der Waals surface area contributed by atoms with Crippen LogP contribution in [0.3, 0.4) is 0 Å². The SMILES string of the molecule is CC#N.CCC.S=P([S-])(c1ccccc1)c1ccccc1.[C-]#[O+].[C-]#[O+].[Mo+2]. The van der Waals surface area contributed by atoms with Crippen molar-refractivity contribution in [3.05, 3.63) is 74.0 Å². The van der Waals surface area contributed by atoms with Crippen molar-refractivity contribution in [3.8, 4) is 6.07 Å². The predicted molar refractivity (Wildman–Crippen MR) is 109 cm³/mol. The van der Waals surface area contributed by atoms with Crippen molar-refractivity contribution in [3.63, 3.8) is 0 Å². The molecule has 0 aliphatic rings. The topological polar surface area (TPSA) is 63.6 Å². The Morgan fingerprint density at radius 1 is 0.923 bits per heavy atom. The number of hydrogen-bond donors (Lipinski definition) is 0. The van der Waals surface area contributed by atoms with E-state index in [0.717, 1.165) is 10.6 Å². The summed E-state index contributed by atoms with van der Waals surface area (Å²) in [7, 11) is 0. The van der Waals surface area contributed by atoms with Gasteiger partial charge in [-0.1, -0.05) is 80.9 Å². The third kappa shape index (κ3) is 15.4. The fourth-order valence-corrected chi connectivity index (χ4v) is 4.29. The third-order valence-corrected chi connectivity index (χ3v) is 6.68. The smallest absolute Gasteiger partial charge is 2.00 e. The van der Waals surface area contributed by atoms with Gasteiger partial charge in [0.2, 0.25) is 0 Å². The molecule has 0 amide bonds. The molecule has 0 N–H and O–H groups in total. The first-order chi connectivity index (χ1) is 12.0. The largest absolute Gasteiger partial charge is 2.00 e. The molecule has 0 saturated heterocycles. The molecule has 0 aliphatic carbocycles. The maximum absolute atomic E-state index is 7.50. The maximum Gasteiger partial charge on any atom is 2.00 e. The molecule has 0 aliphatic heterocycles. The summed E-state index contributed by atoms with van der Waals surface area (Å²) in [5.74, 6) is 0. The van der Waals surface area contributed by atoms with Crippen LogP contribution in [0.25, 0.3) is 0 Å². The molecule has 0 spiro atoms. The zero-order valence-electron chi connectivity index (χ0n) is 14.9. The molecule has 0 aromatic heterocycles. The molecule has 0 bridgehead atoms. The van der Waals surface area contributed by atoms with Crippen LogP contribution < -0.4 is 10.6 Å². The quantitative estimate of drug-likeness (QED) is 0.207. The number of nitriles is 1. The molecule has 0 atom stereocenters. The van der Waals surface area contributed by atoms with E-state index >= 15 is 0 Å². The van der Waals surface area contributed by atoms with Gasteiger partial charge >= 0.3 is 43.7 Å². The van der Waals surface area contributed by atoms with E-state index in [1.165, 1.54) is 13.3 Å². The third-order valence-electron chi connectivity index (χ3n) is 2.19. The molecule has 7 heteroatoms. The Morgan fingerprint density at radius 2 is 1.12 bits per heavy atom. The van der Waals surface area contributed by atoms with Crippen molar-refractivity contribution in [1.82, 2.24) is 0 Å². The predicted octanol–water partition coefficient (Wildman–Crippen LogP) is 4.45. The molecule has 0 fully saturated rings. The molecule has 3 nitrogen and oxygen atoms in total. The van der Waals surface area contributed by atoms with E-state index < -0.39 is 5.24 Å². The summed E-state index contributed by atoms with van der Waals surface area (Å²) in [5.41, 5.74) is 0.